The van der Waals surface area contributed by atoms with Gasteiger partial charge in [-0.25, -0.2) is 19.8 Å². The zero-order valence-electron chi connectivity index (χ0n) is 30.0. The zero-order chi connectivity index (χ0) is 35.8. The molecule has 5 aliphatic rings. The van der Waals surface area contributed by atoms with Crippen LogP contribution in [0, 0.1) is 30.2 Å². The second-order valence-corrected chi connectivity index (χ2v) is 15.9. The topological polar surface area (TPSA) is 43.0 Å². The fourth-order valence-corrected chi connectivity index (χ4v) is 11.3. The third-order valence-corrected chi connectivity index (χ3v) is 13.2. The lowest BCUT2D eigenvalue weighted by Gasteiger charge is -2.61. The van der Waals surface area contributed by atoms with Gasteiger partial charge in [0.2, 0.25) is 0 Å². The van der Waals surface area contributed by atoms with Crippen LogP contribution in [0.3, 0.4) is 0 Å². The Morgan fingerprint density at radius 3 is 1.59 bits per heavy atom. The summed E-state index contributed by atoms with van der Waals surface area (Å²) in [6.45, 7) is 8.27. The first-order valence-electron chi connectivity index (χ1n) is 19.4. The van der Waals surface area contributed by atoms with Crippen molar-refractivity contribution >= 4 is 5.69 Å². The molecule has 0 radical (unpaired) electrons. The summed E-state index contributed by atoms with van der Waals surface area (Å²) in [6, 6.07) is 51.3. The quantitative estimate of drug-likeness (QED) is 0.168. The molecule has 5 aliphatic carbocycles. The molecule has 1 spiro atoms. The fraction of sp³-hybridized carbons (Fsp3) is 0.200. The van der Waals surface area contributed by atoms with Crippen molar-refractivity contribution in [2.45, 2.75) is 37.5 Å². The zero-order valence-corrected chi connectivity index (χ0v) is 30.0. The third-order valence-electron chi connectivity index (χ3n) is 13.2. The van der Waals surface area contributed by atoms with Crippen LogP contribution in [-0.2, 0) is 5.41 Å². The van der Waals surface area contributed by atoms with E-state index in [1.54, 1.807) is 0 Å². The van der Waals surface area contributed by atoms with Crippen LogP contribution in [0.25, 0.3) is 72.4 Å². The van der Waals surface area contributed by atoms with Crippen LogP contribution < -0.4 is 0 Å². The number of rotatable bonds is 5. The highest BCUT2D eigenvalue weighted by atomic mass is 15.0. The second kappa shape index (κ2) is 12.2. The molecule has 0 atom stereocenters. The molecular weight excluding hydrogens is 657 g/mol. The number of aromatic nitrogens is 3. The van der Waals surface area contributed by atoms with E-state index >= 15 is 0 Å². The Balaban J connectivity index is 1.08. The molecule has 4 bridgehead atoms. The van der Waals surface area contributed by atoms with Gasteiger partial charge in [-0.15, -0.1) is 0 Å². The molecule has 0 N–H and O–H groups in total. The molecule has 7 aromatic rings. The van der Waals surface area contributed by atoms with Gasteiger partial charge >= 0.3 is 0 Å². The van der Waals surface area contributed by atoms with Gasteiger partial charge in [-0.3, -0.25) is 0 Å². The summed E-state index contributed by atoms with van der Waals surface area (Å²) >= 11 is 0. The van der Waals surface area contributed by atoms with Crippen molar-refractivity contribution in [1.82, 2.24) is 15.0 Å². The Morgan fingerprint density at radius 2 is 0.981 bits per heavy atom. The minimum absolute atomic E-state index is 0.0229. The van der Waals surface area contributed by atoms with Gasteiger partial charge in [0.05, 0.1) is 6.57 Å². The van der Waals surface area contributed by atoms with Crippen LogP contribution in [-0.4, -0.2) is 15.0 Å². The summed E-state index contributed by atoms with van der Waals surface area (Å²) in [4.78, 5) is 19.3. The Morgan fingerprint density at radius 1 is 0.444 bits per heavy atom. The van der Waals surface area contributed by atoms with Crippen molar-refractivity contribution in [3.63, 3.8) is 0 Å². The molecule has 4 nitrogen and oxygen atoms in total. The Bertz CT molecular complexity index is 2550. The lowest BCUT2D eigenvalue weighted by molar-refractivity contribution is -0.0399. The SMILES string of the molecule is [C-]#[N+]c1cccc2c1-c1cc(-c3ccccc3-c3ccccc3-c3nc(-c4ccccc4)nc(-c4ccccc4)n3)ccc1C21C2CC3CC(C2)CC1C3. The van der Waals surface area contributed by atoms with Gasteiger partial charge in [0.15, 0.2) is 23.2 Å². The first kappa shape index (κ1) is 31.4. The molecule has 1 heterocycles. The number of fused-ring (bicyclic) bond motifs is 3. The summed E-state index contributed by atoms with van der Waals surface area (Å²) in [5, 5.41) is 0. The minimum Gasteiger partial charge on any atom is -0.238 e. The minimum atomic E-state index is 0.0229. The lowest BCUT2D eigenvalue weighted by Crippen LogP contribution is -2.55. The largest absolute Gasteiger partial charge is 0.238 e. The maximum atomic E-state index is 8.27. The fourth-order valence-electron chi connectivity index (χ4n) is 11.3. The van der Waals surface area contributed by atoms with Crippen LogP contribution in [0.1, 0.15) is 43.2 Å². The highest BCUT2D eigenvalue weighted by molar-refractivity contribution is 5.96. The van der Waals surface area contributed by atoms with Gasteiger partial charge in [-0.05, 0) is 106 Å². The van der Waals surface area contributed by atoms with Crippen LogP contribution in [0.2, 0.25) is 0 Å². The number of hydrogen-bond donors (Lipinski definition) is 0. The van der Waals surface area contributed by atoms with Gasteiger partial charge in [-0.2, -0.15) is 0 Å². The predicted octanol–water partition coefficient (Wildman–Crippen LogP) is 12.5. The molecular formula is C50H38N4. The maximum Gasteiger partial charge on any atom is 0.195 e. The van der Waals surface area contributed by atoms with Gasteiger partial charge < -0.3 is 0 Å². The molecule has 4 saturated carbocycles. The molecule has 0 amide bonds. The molecule has 12 rings (SSSR count). The number of nitrogens with zero attached hydrogens (tertiary/aromatic N) is 4. The lowest BCUT2D eigenvalue weighted by atomic mass is 9.43. The van der Waals surface area contributed by atoms with E-state index in [1.807, 2.05) is 66.7 Å². The average Bonchev–Trinajstić information content (AvgIpc) is 3.53. The van der Waals surface area contributed by atoms with Gasteiger partial charge in [0.1, 0.15) is 0 Å². The molecule has 6 aromatic carbocycles. The molecule has 258 valence electrons. The first-order valence-corrected chi connectivity index (χ1v) is 19.4. The van der Waals surface area contributed by atoms with E-state index < -0.39 is 0 Å². The van der Waals surface area contributed by atoms with Crippen LogP contribution in [0.4, 0.5) is 5.69 Å². The summed E-state index contributed by atoms with van der Waals surface area (Å²) in [5.41, 5.74) is 13.5. The van der Waals surface area contributed by atoms with E-state index in [0.717, 1.165) is 56.5 Å². The van der Waals surface area contributed by atoms with Crippen LogP contribution in [0.15, 0.2) is 146 Å². The van der Waals surface area contributed by atoms with Crippen molar-refractivity contribution in [2.24, 2.45) is 23.7 Å². The third kappa shape index (κ3) is 4.64. The molecule has 0 saturated heterocycles. The molecule has 1 aromatic heterocycles. The smallest absolute Gasteiger partial charge is 0.195 e. The van der Waals surface area contributed by atoms with E-state index in [1.165, 1.54) is 54.4 Å². The van der Waals surface area contributed by atoms with Gasteiger partial charge in [0, 0.05) is 22.1 Å². The van der Waals surface area contributed by atoms with Gasteiger partial charge in [-0.1, -0.05) is 140 Å². The highest BCUT2D eigenvalue weighted by Gasteiger charge is 2.61. The molecule has 54 heavy (non-hydrogen) atoms. The van der Waals surface area contributed by atoms with E-state index in [4.69, 9.17) is 21.5 Å². The summed E-state index contributed by atoms with van der Waals surface area (Å²) in [5.74, 6) is 4.99. The van der Waals surface area contributed by atoms with Crippen molar-refractivity contribution < 1.29 is 0 Å². The van der Waals surface area contributed by atoms with Crippen LogP contribution in [0.5, 0.6) is 0 Å². The molecule has 4 fully saturated rings. The van der Waals surface area contributed by atoms with Crippen molar-refractivity contribution in [2.75, 3.05) is 0 Å². The summed E-state index contributed by atoms with van der Waals surface area (Å²) in [7, 11) is 0. The predicted molar refractivity (Wildman–Crippen MR) is 217 cm³/mol. The van der Waals surface area contributed by atoms with Crippen molar-refractivity contribution in [3.8, 4) is 67.5 Å². The normalized spacial score (nSPS) is 22.9. The summed E-state index contributed by atoms with van der Waals surface area (Å²) < 4.78 is 0. The van der Waals surface area contributed by atoms with E-state index in [9.17, 15) is 0 Å². The summed E-state index contributed by atoms with van der Waals surface area (Å²) in [6.07, 6.45) is 6.72. The molecule has 0 aliphatic heterocycles. The van der Waals surface area contributed by atoms with E-state index in [0.29, 0.717) is 29.3 Å². The maximum absolute atomic E-state index is 8.27. The van der Waals surface area contributed by atoms with Gasteiger partial charge in [0.25, 0.3) is 0 Å². The van der Waals surface area contributed by atoms with Crippen molar-refractivity contribution in [1.29, 1.82) is 0 Å². The number of hydrogen-bond acceptors (Lipinski definition) is 3. The Labute approximate surface area is 316 Å². The van der Waals surface area contributed by atoms with E-state index in [-0.39, 0.29) is 5.41 Å². The Kier molecular flexibility index (Phi) is 7.07. The molecule has 0 unspecified atom stereocenters. The second-order valence-electron chi connectivity index (χ2n) is 15.9. The first-order chi connectivity index (χ1) is 26.7. The number of benzene rings is 6. The molecule has 4 heteroatoms. The van der Waals surface area contributed by atoms with Crippen LogP contribution >= 0.6 is 0 Å². The van der Waals surface area contributed by atoms with Crippen molar-refractivity contribution in [3.05, 3.63) is 168 Å². The monoisotopic (exact) mass is 694 g/mol. The standard InChI is InChI=1S/C50H38N4/c1-51-45-22-12-21-44-46(45)42-30-35(23-24-43(42)50(44)36-26-31-25-32(28-36)29-37(50)27-31)38-17-8-9-18-39(38)40-19-10-11-20-41(40)49-53-47(33-13-4-2-5-14-33)52-48(54-49)34-15-6-3-7-16-34/h2-24,30-32,36-37H,25-29H2. The Hall–Kier alpha value is -6.18. The average molecular weight is 695 g/mol. The van der Waals surface area contributed by atoms with E-state index in [2.05, 4.69) is 83.7 Å². The highest BCUT2D eigenvalue weighted by Crippen LogP contribution is 2.70.